The number of fused-ring (bicyclic) bond motifs is 1. The highest BCUT2D eigenvalue weighted by Crippen LogP contribution is 2.31. The van der Waals surface area contributed by atoms with Crippen LogP contribution in [0, 0.1) is 5.92 Å². The number of benzene rings is 1. The molecule has 1 heterocycles. The minimum atomic E-state index is -0.524. The average Bonchev–Trinajstić information content (AvgIpc) is 3.19. The van der Waals surface area contributed by atoms with Gasteiger partial charge in [-0.05, 0) is 30.9 Å². The van der Waals surface area contributed by atoms with Crippen LogP contribution in [0.1, 0.15) is 12.8 Å². The van der Waals surface area contributed by atoms with Gasteiger partial charge >= 0.3 is 0 Å². The van der Waals surface area contributed by atoms with Crippen molar-refractivity contribution < 1.29 is 14.3 Å². The molecule has 1 atom stereocenters. The maximum atomic E-state index is 11.8. The first kappa shape index (κ1) is 10.4. The van der Waals surface area contributed by atoms with Crippen LogP contribution in [-0.4, -0.2) is 25.2 Å². The van der Waals surface area contributed by atoms with Crippen LogP contribution in [0.4, 0.5) is 0 Å². The molecule has 1 saturated carbocycles. The molecule has 2 aliphatic rings. The van der Waals surface area contributed by atoms with Crippen LogP contribution in [0.15, 0.2) is 24.3 Å². The molecule has 1 aliphatic carbocycles. The zero-order valence-electron chi connectivity index (χ0n) is 9.52. The van der Waals surface area contributed by atoms with E-state index < -0.39 is 6.10 Å². The third kappa shape index (κ3) is 2.35. The van der Waals surface area contributed by atoms with Crippen LogP contribution in [0.25, 0.3) is 0 Å². The molecule has 1 fully saturated rings. The van der Waals surface area contributed by atoms with Gasteiger partial charge in [0.05, 0.1) is 0 Å². The highest BCUT2D eigenvalue weighted by Gasteiger charge is 2.29. The number of ether oxygens (including phenoxy) is 2. The van der Waals surface area contributed by atoms with Crippen LogP contribution in [0.3, 0.4) is 0 Å². The van der Waals surface area contributed by atoms with Crippen LogP contribution >= 0.6 is 0 Å². The van der Waals surface area contributed by atoms with Crippen molar-refractivity contribution in [1.82, 2.24) is 5.32 Å². The van der Waals surface area contributed by atoms with Crippen molar-refractivity contribution in [1.29, 1.82) is 0 Å². The van der Waals surface area contributed by atoms with Crippen molar-refractivity contribution in [2.45, 2.75) is 18.9 Å². The quantitative estimate of drug-likeness (QED) is 0.857. The SMILES string of the molecule is O=C(NCC1CC1)[C@H]1COc2ccccc2O1. The number of para-hydroxylation sites is 2. The summed E-state index contributed by atoms with van der Waals surface area (Å²) in [5.74, 6) is 1.95. The monoisotopic (exact) mass is 233 g/mol. The summed E-state index contributed by atoms with van der Waals surface area (Å²) >= 11 is 0. The van der Waals surface area contributed by atoms with E-state index in [1.165, 1.54) is 12.8 Å². The highest BCUT2D eigenvalue weighted by atomic mass is 16.6. The first-order valence-electron chi connectivity index (χ1n) is 5.99. The van der Waals surface area contributed by atoms with Crippen molar-refractivity contribution in [3.05, 3.63) is 24.3 Å². The molecule has 1 aromatic rings. The van der Waals surface area contributed by atoms with Gasteiger partial charge < -0.3 is 14.8 Å². The van der Waals surface area contributed by atoms with Crippen LogP contribution in [0.2, 0.25) is 0 Å². The fraction of sp³-hybridized carbons (Fsp3) is 0.462. The number of hydrogen-bond donors (Lipinski definition) is 1. The Hall–Kier alpha value is -1.71. The van der Waals surface area contributed by atoms with E-state index in [0.29, 0.717) is 17.4 Å². The smallest absolute Gasteiger partial charge is 0.264 e. The van der Waals surface area contributed by atoms with E-state index in [9.17, 15) is 4.79 Å². The van der Waals surface area contributed by atoms with Crippen LogP contribution < -0.4 is 14.8 Å². The molecule has 0 saturated heterocycles. The predicted octanol–water partition coefficient (Wildman–Crippen LogP) is 1.35. The van der Waals surface area contributed by atoms with Gasteiger partial charge in [0.2, 0.25) is 6.10 Å². The maximum Gasteiger partial charge on any atom is 0.264 e. The summed E-state index contributed by atoms with van der Waals surface area (Å²) in [6, 6.07) is 7.41. The summed E-state index contributed by atoms with van der Waals surface area (Å²) in [5, 5.41) is 2.90. The molecule has 0 unspecified atom stereocenters. The summed E-state index contributed by atoms with van der Waals surface area (Å²) in [6.07, 6.45) is 1.93. The second-order valence-electron chi connectivity index (χ2n) is 4.55. The summed E-state index contributed by atoms with van der Waals surface area (Å²) in [6.45, 7) is 1.05. The molecule has 3 rings (SSSR count). The van der Waals surface area contributed by atoms with Crippen molar-refractivity contribution in [3.8, 4) is 11.5 Å². The summed E-state index contributed by atoms with van der Waals surface area (Å²) in [5.41, 5.74) is 0. The molecule has 1 amide bonds. The van der Waals surface area contributed by atoms with Gasteiger partial charge in [0.25, 0.3) is 5.91 Å². The lowest BCUT2D eigenvalue weighted by molar-refractivity contribution is -0.130. The van der Waals surface area contributed by atoms with E-state index in [-0.39, 0.29) is 12.5 Å². The zero-order chi connectivity index (χ0) is 11.7. The largest absolute Gasteiger partial charge is 0.485 e. The molecular weight excluding hydrogens is 218 g/mol. The summed E-state index contributed by atoms with van der Waals surface area (Å²) in [7, 11) is 0. The fourth-order valence-electron chi connectivity index (χ4n) is 1.83. The van der Waals surface area contributed by atoms with Gasteiger partial charge in [-0.1, -0.05) is 12.1 Å². The first-order valence-corrected chi connectivity index (χ1v) is 5.99. The van der Waals surface area contributed by atoms with Gasteiger partial charge in [0, 0.05) is 6.54 Å². The Labute approximate surface area is 99.9 Å². The molecule has 4 nitrogen and oxygen atoms in total. The molecule has 17 heavy (non-hydrogen) atoms. The van der Waals surface area contributed by atoms with E-state index in [1.807, 2.05) is 24.3 Å². The number of carbonyl (C=O) groups is 1. The minimum Gasteiger partial charge on any atom is -0.485 e. The Morgan fingerprint density at radius 2 is 2.06 bits per heavy atom. The number of rotatable bonds is 3. The standard InChI is InChI=1S/C13H15NO3/c15-13(14-7-9-5-6-9)12-8-16-10-3-1-2-4-11(10)17-12/h1-4,9,12H,5-8H2,(H,14,15)/t12-/m1/s1. The molecule has 0 spiro atoms. The van der Waals surface area contributed by atoms with Crippen molar-refractivity contribution >= 4 is 5.91 Å². The molecular formula is C13H15NO3. The molecule has 90 valence electrons. The summed E-state index contributed by atoms with van der Waals surface area (Å²) < 4.78 is 11.1. The fourth-order valence-corrected chi connectivity index (χ4v) is 1.83. The second-order valence-corrected chi connectivity index (χ2v) is 4.55. The highest BCUT2D eigenvalue weighted by molar-refractivity contribution is 5.81. The lowest BCUT2D eigenvalue weighted by atomic mass is 10.2. The summed E-state index contributed by atoms with van der Waals surface area (Å²) in [4.78, 5) is 11.8. The van der Waals surface area contributed by atoms with Gasteiger partial charge in [-0.3, -0.25) is 4.79 Å². The molecule has 0 aromatic heterocycles. The molecule has 4 heteroatoms. The number of amides is 1. The molecule has 1 aliphatic heterocycles. The number of carbonyl (C=O) groups excluding carboxylic acids is 1. The van der Waals surface area contributed by atoms with E-state index >= 15 is 0 Å². The van der Waals surface area contributed by atoms with Crippen molar-refractivity contribution in [2.24, 2.45) is 5.92 Å². The van der Waals surface area contributed by atoms with E-state index in [1.54, 1.807) is 0 Å². The Morgan fingerprint density at radius 1 is 1.29 bits per heavy atom. The van der Waals surface area contributed by atoms with Crippen molar-refractivity contribution in [3.63, 3.8) is 0 Å². The normalized spacial score (nSPS) is 22.0. The third-order valence-corrected chi connectivity index (χ3v) is 3.06. The molecule has 0 bridgehead atoms. The van der Waals surface area contributed by atoms with E-state index in [0.717, 1.165) is 6.54 Å². The van der Waals surface area contributed by atoms with E-state index in [4.69, 9.17) is 9.47 Å². The Balaban J connectivity index is 1.60. The van der Waals surface area contributed by atoms with Crippen LogP contribution in [0.5, 0.6) is 11.5 Å². The third-order valence-electron chi connectivity index (χ3n) is 3.06. The van der Waals surface area contributed by atoms with Crippen molar-refractivity contribution in [2.75, 3.05) is 13.2 Å². The van der Waals surface area contributed by atoms with Gasteiger partial charge in [-0.15, -0.1) is 0 Å². The number of hydrogen-bond acceptors (Lipinski definition) is 3. The molecule has 0 radical (unpaired) electrons. The first-order chi connectivity index (χ1) is 8.33. The molecule has 1 N–H and O–H groups in total. The Morgan fingerprint density at radius 3 is 2.82 bits per heavy atom. The Kier molecular flexibility index (Phi) is 2.63. The molecule has 1 aromatic carbocycles. The second kappa shape index (κ2) is 4.28. The van der Waals surface area contributed by atoms with Gasteiger partial charge in [-0.2, -0.15) is 0 Å². The average molecular weight is 233 g/mol. The van der Waals surface area contributed by atoms with Gasteiger partial charge in [-0.25, -0.2) is 0 Å². The van der Waals surface area contributed by atoms with Crippen LogP contribution in [-0.2, 0) is 4.79 Å². The lowest BCUT2D eigenvalue weighted by Crippen LogP contribution is -2.44. The van der Waals surface area contributed by atoms with Gasteiger partial charge in [0.15, 0.2) is 11.5 Å². The Bertz CT molecular complexity index is 428. The topological polar surface area (TPSA) is 47.6 Å². The maximum absolute atomic E-state index is 11.8. The minimum absolute atomic E-state index is 0.0774. The van der Waals surface area contributed by atoms with Gasteiger partial charge in [0.1, 0.15) is 6.61 Å². The number of nitrogens with one attached hydrogen (secondary N) is 1. The lowest BCUT2D eigenvalue weighted by Gasteiger charge is -2.25. The predicted molar refractivity (Wildman–Crippen MR) is 62.1 cm³/mol. The van der Waals surface area contributed by atoms with E-state index in [2.05, 4.69) is 5.32 Å². The zero-order valence-corrected chi connectivity index (χ0v) is 9.52.